The molecule has 5 nitrogen and oxygen atoms in total. The number of ether oxygens (including phenoxy) is 2. The number of nitro benzene ring substituents is 1. The van der Waals surface area contributed by atoms with Crippen LogP contribution in [0.15, 0.2) is 18.2 Å². The molecular weight excluding hydrogens is 290 g/mol. The molecule has 1 aromatic carbocycles. The van der Waals surface area contributed by atoms with Crippen molar-refractivity contribution in [1.29, 1.82) is 0 Å². The highest BCUT2D eigenvalue weighted by Gasteiger charge is 2.29. The number of hydrogen-bond donors (Lipinski definition) is 0. The number of hydrogen-bond acceptors (Lipinski definition) is 4. The van der Waals surface area contributed by atoms with Gasteiger partial charge in [0, 0.05) is 10.9 Å². The van der Waals surface area contributed by atoms with Crippen LogP contribution in [0.4, 0.5) is 5.69 Å². The highest BCUT2D eigenvalue weighted by atomic mass is 79.9. The summed E-state index contributed by atoms with van der Waals surface area (Å²) in [6.45, 7) is 0. The van der Waals surface area contributed by atoms with Crippen molar-refractivity contribution in [2.75, 3.05) is 7.11 Å². The standard InChI is InChI=1S/C11H12BrNO4/c1-16-11-6-8(13(14)15)2-3-10(11)17-9-4-7(12)5-9/h2-3,6-7,9H,4-5H2,1H3. The van der Waals surface area contributed by atoms with Crippen molar-refractivity contribution >= 4 is 21.6 Å². The molecule has 0 N–H and O–H groups in total. The third-order valence-corrected chi connectivity index (χ3v) is 3.44. The molecule has 1 aliphatic carbocycles. The summed E-state index contributed by atoms with van der Waals surface area (Å²) in [6.07, 6.45) is 2.05. The van der Waals surface area contributed by atoms with E-state index in [1.807, 2.05) is 0 Å². The number of nitro groups is 1. The van der Waals surface area contributed by atoms with Crippen molar-refractivity contribution < 1.29 is 14.4 Å². The van der Waals surface area contributed by atoms with Crippen molar-refractivity contribution in [1.82, 2.24) is 0 Å². The second-order valence-electron chi connectivity index (χ2n) is 3.90. The van der Waals surface area contributed by atoms with E-state index < -0.39 is 4.92 Å². The quantitative estimate of drug-likeness (QED) is 0.487. The van der Waals surface area contributed by atoms with E-state index >= 15 is 0 Å². The molecule has 6 heteroatoms. The van der Waals surface area contributed by atoms with Gasteiger partial charge >= 0.3 is 0 Å². The molecule has 0 radical (unpaired) electrons. The molecule has 2 rings (SSSR count). The molecule has 1 fully saturated rings. The lowest BCUT2D eigenvalue weighted by molar-refractivity contribution is -0.385. The number of methoxy groups -OCH3 is 1. The van der Waals surface area contributed by atoms with E-state index in [0.29, 0.717) is 16.3 Å². The molecule has 0 heterocycles. The van der Waals surface area contributed by atoms with Crippen LogP contribution in [0.3, 0.4) is 0 Å². The normalized spacial score (nSPS) is 22.7. The monoisotopic (exact) mass is 301 g/mol. The fraction of sp³-hybridized carbons (Fsp3) is 0.455. The maximum Gasteiger partial charge on any atom is 0.273 e. The predicted molar refractivity (Wildman–Crippen MR) is 66.0 cm³/mol. The van der Waals surface area contributed by atoms with Crippen molar-refractivity contribution in [2.45, 2.75) is 23.8 Å². The van der Waals surface area contributed by atoms with Gasteiger partial charge in [-0.25, -0.2) is 0 Å². The molecule has 92 valence electrons. The van der Waals surface area contributed by atoms with Crippen molar-refractivity contribution in [2.24, 2.45) is 0 Å². The highest BCUT2D eigenvalue weighted by molar-refractivity contribution is 9.09. The van der Waals surface area contributed by atoms with Gasteiger partial charge in [0.15, 0.2) is 11.5 Å². The predicted octanol–water partition coefficient (Wildman–Crippen LogP) is 2.91. The van der Waals surface area contributed by atoms with E-state index in [9.17, 15) is 10.1 Å². The van der Waals surface area contributed by atoms with Gasteiger partial charge in [-0.1, -0.05) is 15.9 Å². The third-order valence-electron chi connectivity index (χ3n) is 2.69. The molecule has 0 bridgehead atoms. The van der Waals surface area contributed by atoms with Crippen LogP contribution in [-0.4, -0.2) is 23.0 Å². The first kappa shape index (κ1) is 12.2. The summed E-state index contributed by atoms with van der Waals surface area (Å²) >= 11 is 3.48. The van der Waals surface area contributed by atoms with Crippen LogP contribution in [-0.2, 0) is 0 Å². The SMILES string of the molecule is COc1cc([N+](=O)[O-])ccc1OC1CC(Br)C1. The second-order valence-corrected chi connectivity index (χ2v) is 5.20. The Morgan fingerprint density at radius 3 is 2.65 bits per heavy atom. The zero-order valence-electron chi connectivity index (χ0n) is 9.26. The first-order valence-electron chi connectivity index (χ1n) is 5.23. The summed E-state index contributed by atoms with van der Waals surface area (Å²) in [7, 11) is 1.47. The fourth-order valence-electron chi connectivity index (χ4n) is 1.64. The van der Waals surface area contributed by atoms with Crippen LogP contribution < -0.4 is 9.47 Å². The molecule has 0 unspecified atom stereocenters. The number of benzene rings is 1. The number of rotatable bonds is 4. The summed E-state index contributed by atoms with van der Waals surface area (Å²) in [5.74, 6) is 0.958. The third kappa shape index (κ3) is 2.69. The number of halogens is 1. The Balaban J connectivity index is 2.13. The molecule has 0 atom stereocenters. The summed E-state index contributed by atoms with van der Waals surface area (Å²) in [5, 5.41) is 10.6. The summed E-state index contributed by atoms with van der Waals surface area (Å²) in [5.41, 5.74) is 0.00109. The smallest absolute Gasteiger partial charge is 0.273 e. The van der Waals surface area contributed by atoms with Crippen molar-refractivity contribution in [3.8, 4) is 11.5 Å². The molecule has 0 saturated heterocycles. The summed E-state index contributed by atoms with van der Waals surface area (Å²) in [6, 6.07) is 4.38. The lowest BCUT2D eigenvalue weighted by Gasteiger charge is -2.31. The number of alkyl halides is 1. The van der Waals surface area contributed by atoms with Gasteiger partial charge < -0.3 is 9.47 Å². The van der Waals surface area contributed by atoms with Crippen LogP contribution in [0.25, 0.3) is 0 Å². The molecule has 1 aliphatic rings. The zero-order valence-corrected chi connectivity index (χ0v) is 10.8. The largest absolute Gasteiger partial charge is 0.493 e. The highest BCUT2D eigenvalue weighted by Crippen LogP contribution is 2.36. The topological polar surface area (TPSA) is 61.6 Å². The molecule has 0 amide bonds. The van der Waals surface area contributed by atoms with Crippen molar-refractivity contribution in [3.05, 3.63) is 28.3 Å². The maximum atomic E-state index is 10.6. The van der Waals surface area contributed by atoms with Crippen molar-refractivity contribution in [3.63, 3.8) is 0 Å². The van der Waals surface area contributed by atoms with Crippen LogP contribution in [0.1, 0.15) is 12.8 Å². The first-order chi connectivity index (χ1) is 8.10. The average molecular weight is 302 g/mol. The average Bonchev–Trinajstić information content (AvgIpc) is 2.27. The van der Waals surface area contributed by atoms with E-state index in [-0.39, 0.29) is 11.8 Å². The molecule has 1 aromatic rings. The van der Waals surface area contributed by atoms with Crippen LogP contribution >= 0.6 is 15.9 Å². The van der Waals surface area contributed by atoms with Gasteiger partial charge in [-0.05, 0) is 18.9 Å². The number of non-ortho nitro benzene ring substituents is 1. The van der Waals surface area contributed by atoms with E-state index in [1.54, 1.807) is 6.07 Å². The van der Waals surface area contributed by atoms with E-state index in [0.717, 1.165) is 12.8 Å². The Kier molecular flexibility index (Phi) is 3.51. The van der Waals surface area contributed by atoms with Crippen LogP contribution in [0.2, 0.25) is 0 Å². The van der Waals surface area contributed by atoms with Gasteiger partial charge in [0.1, 0.15) is 6.10 Å². The number of nitrogens with zero attached hydrogens (tertiary/aromatic N) is 1. The Hall–Kier alpha value is -1.30. The van der Waals surface area contributed by atoms with Crippen LogP contribution in [0.5, 0.6) is 11.5 Å². The minimum atomic E-state index is -0.454. The summed E-state index contributed by atoms with van der Waals surface area (Å²) < 4.78 is 10.8. The van der Waals surface area contributed by atoms with E-state index in [2.05, 4.69) is 15.9 Å². The Morgan fingerprint density at radius 2 is 2.12 bits per heavy atom. The lowest BCUT2D eigenvalue weighted by Crippen LogP contribution is -2.34. The minimum Gasteiger partial charge on any atom is -0.493 e. The molecule has 0 aliphatic heterocycles. The van der Waals surface area contributed by atoms with Gasteiger partial charge in [-0.2, -0.15) is 0 Å². The minimum absolute atomic E-state index is 0.00109. The lowest BCUT2D eigenvalue weighted by atomic mass is 9.96. The zero-order chi connectivity index (χ0) is 12.4. The van der Waals surface area contributed by atoms with E-state index in [4.69, 9.17) is 9.47 Å². The molecule has 0 aromatic heterocycles. The van der Waals surface area contributed by atoms with Crippen LogP contribution in [0, 0.1) is 10.1 Å². The van der Waals surface area contributed by atoms with E-state index in [1.165, 1.54) is 19.2 Å². The second kappa shape index (κ2) is 4.91. The van der Waals surface area contributed by atoms with Gasteiger partial charge in [0.2, 0.25) is 0 Å². The van der Waals surface area contributed by atoms with Gasteiger partial charge in [0.05, 0.1) is 18.1 Å². The molecule has 1 saturated carbocycles. The molecule has 0 spiro atoms. The fourth-order valence-corrected chi connectivity index (χ4v) is 2.48. The Bertz CT molecular complexity index is 431. The van der Waals surface area contributed by atoms with Gasteiger partial charge in [-0.3, -0.25) is 10.1 Å². The summed E-state index contributed by atoms with van der Waals surface area (Å²) in [4.78, 5) is 10.7. The molecule has 17 heavy (non-hydrogen) atoms. The Labute approximate surface area is 107 Å². The first-order valence-corrected chi connectivity index (χ1v) is 6.15. The Morgan fingerprint density at radius 1 is 1.41 bits per heavy atom. The van der Waals surface area contributed by atoms with Gasteiger partial charge in [0.25, 0.3) is 5.69 Å². The maximum absolute atomic E-state index is 10.6. The van der Waals surface area contributed by atoms with Gasteiger partial charge in [-0.15, -0.1) is 0 Å². The molecular formula is C11H12BrNO4.